The lowest BCUT2D eigenvalue weighted by atomic mass is 10.1. The Bertz CT molecular complexity index is 1270. The summed E-state index contributed by atoms with van der Waals surface area (Å²) in [6, 6.07) is 34.4. The average molecular weight is 531 g/mol. The zero-order valence-corrected chi connectivity index (χ0v) is 20.7. The molecule has 1 atom stereocenters. The average Bonchev–Trinajstić information content (AvgIpc) is 2.85. The summed E-state index contributed by atoms with van der Waals surface area (Å²) in [6.07, 6.45) is 0.305. The number of benzene rings is 4. The van der Waals surface area contributed by atoms with Crippen LogP contribution in [0.4, 0.5) is 11.4 Å². The SMILES string of the molecule is O=C(Cc1ccccc1)Nc1cccc(SC(C(=O)Nc2ccccc2Br)c2ccccc2)c1. The first-order valence-corrected chi connectivity index (χ1v) is 12.5. The second-order valence-electron chi connectivity index (χ2n) is 7.62. The lowest BCUT2D eigenvalue weighted by molar-refractivity contribution is -0.116. The fraction of sp³-hybridized carbons (Fsp3) is 0.0714. The zero-order valence-electron chi connectivity index (χ0n) is 18.3. The number of hydrogen-bond donors (Lipinski definition) is 2. The molecule has 0 fully saturated rings. The van der Waals surface area contributed by atoms with Crippen molar-refractivity contribution in [1.29, 1.82) is 0 Å². The van der Waals surface area contributed by atoms with E-state index < -0.39 is 5.25 Å². The Morgan fingerprint density at radius 1 is 0.765 bits per heavy atom. The predicted octanol–water partition coefficient (Wildman–Crippen LogP) is 7.10. The molecule has 170 valence electrons. The van der Waals surface area contributed by atoms with Gasteiger partial charge in [-0.1, -0.05) is 78.9 Å². The summed E-state index contributed by atoms with van der Waals surface area (Å²) in [5, 5.41) is 5.52. The second kappa shape index (κ2) is 11.7. The summed E-state index contributed by atoms with van der Waals surface area (Å²) in [5.74, 6) is -0.207. The standard InChI is InChI=1S/C28H23BrN2O2S/c29-24-16-7-8-17-25(24)31-28(33)27(21-12-5-2-6-13-21)34-23-15-9-14-22(19-23)30-26(32)18-20-10-3-1-4-11-20/h1-17,19,27H,18H2,(H,30,32)(H,31,33). The number of amides is 2. The molecule has 0 bridgehead atoms. The summed E-state index contributed by atoms with van der Waals surface area (Å²) >= 11 is 4.93. The Hall–Kier alpha value is -3.35. The second-order valence-corrected chi connectivity index (χ2v) is 9.65. The predicted molar refractivity (Wildman–Crippen MR) is 143 cm³/mol. The van der Waals surface area contributed by atoms with Crippen molar-refractivity contribution in [2.75, 3.05) is 10.6 Å². The highest BCUT2D eigenvalue weighted by atomic mass is 79.9. The van der Waals surface area contributed by atoms with Gasteiger partial charge in [0, 0.05) is 15.1 Å². The van der Waals surface area contributed by atoms with Gasteiger partial charge in [0.05, 0.1) is 12.1 Å². The fourth-order valence-electron chi connectivity index (χ4n) is 3.43. The van der Waals surface area contributed by atoms with Crippen LogP contribution < -0.4 is 10.6 Å². The van der Waals surface area contributed by atoms with E-state index in [-0.39, 0.29) is 11.8 Å². The minimum absolute atomic E-state index is 0.0837. The molecule has 0 heterocycles. The van der Waals surface area contributed by atoms with Crippen molar-refractivity contribution in [3.8, 4) is 0 Å². The monoisotopic (exact) mass is 530 g/mol. The number of nitrogens with one attached hydrogen (secondary N) is 2. The van der Waals surface area contributed by atoms with E-state index in [2.05, 4.69) is 26.6 Å². The molecule has 0 spiro atoms. The summed E-state index contributed by atoms with van der Waals surface area (Å²) in [6.45, 7) is 0. The topological polar surface area (TPSA) is 58.2 Å². The summed E-state index contributed by atoms with van der Waals surface area (Å²) in [7, 11) is 0. The van der Waals surface area contributed by atoms with Crippen molar-refractivity contribution in [3.63, 3.8) is 0 Å². The number of para-hydroxylation sites is 1. The normalized spacial score (nSPS) is 11.4. The van der Waals surface area contributed by atoms with Gasteiger partial charge < -0.3 is 10.6 Å². The van der Waals surface area contributed by atoms with Gasteiger partial charge in [-0.3, -0.25) is 9.59 Å². The highest BCUT2D eigenvalue weighted by molar-refractivity contribution is 9.10. The van der Waals surface area contributed by atoms with Gasteiger partial charge in [-0.25, -0.2) is 0 Å². The van der Waals surface area contributed by atoms with E-state index in [9.17, 15) is 9.59 Å². The van der Waals surface area contributed by atoms with Gasteiger partial charge in [0.25, 0.3) is 0 Å². The first-order valence-electron chi connectivity index (χ1n) is 10.8. The van der Waals surface area contributed by atoms with Crippen molar-refractivity contribution in [2.45, 2.75) is 16.6 Å². The van der Waals surface area contributed by atoms with E-state index in [4.69, 9.17) is 0 Å². The first kappa shape index (κ1) is 23.8. The van der Waals surface area contributed by atoms with E-state index in [1.54, 1.807) is 0 Å². The summed E-state index contributed by atoms with van der Waals surface area (Å²) in [4.78, 5) is 26.7. The van der Waals surface area contributed by atoms with Gasteiger partial charge in [-0.15, -0.1) is 11.8 Å². The molecule has 4 aromatic rings. The number of carbonyl (C=O) groups excluding carboxylic acids is 2. The van der Waals surface area contributed by atoms with Crippen LogP contribution in [0.25, 0.3) is 0 Å². The Morgan fingerprint density at radius 3 is 2.18 bits per heavy atom. The van der Waals surface area contributed by atoms with Crippen molar-refractivity contribution < 1.29 is 9.59 Å². The zero-order chi connectivity index (χ0) is 23.8. The van der Waals surface area contributed by atoms with Gasteiger partial charge in [0.1, 0.15) is 5.25 Å². The molecule has 0 aliphatic carbocycles. The van der Waals surface area contributed by atoms with Crippen molar-refractivity contribution >= 4 is 50.9 Å². The molecule has 1 unspecified atom stereocenters. The quantitative estimate of drug-likeness (QED) is 0.239. The number of hydrogen-bond acceptors (Lipinski definition) is 3. The Kier molecular flexibility index (Phi) is 8.17. The third-order valence-electron chi connectivity index (χ3n) is 5.05. The van der Waals surface area contributed by atoms with Gasteiger partial charge in [0.2, 0.25) is 11.8 Å². The highest BCUT2D eigenvalue weighted by Crippen LogP contribution is 2.37. The third kappa shape index (κ3) is 6.59. The van der Waals surface area contributed by atoms with E-state index >= 15 is 0 Å². The number of carbonyl (C=O) groups is 2. The van der Waals surface area contributed by atoms with Crippen LogP contribution >= 0.6 is 27.7 Å². The van der Waals surface area contributed by atoms with Gasteiger partial charge in [-0.2, -0.15) is 0 Å². The molecule has 0 saturated carbocycles. The van der Waals surface area contributed by atoms with Gasteiger partial charge >= 0.3 is 0 Å². The van der Waals surface area contributed by atoms with Crippen LogP contribution in [-0.2, 0) is 16.0 Å². The molecule has 4 nitrogen and oxygen atoms in total. The van der Waals surface area contributed by atoms with Crippen LogP contribution in [0.5, 0.6) is 0 Å². The molecular weight excluding hydrogens is 508 g/mol. The van der Waals surface area contributed by atoms with Crippen molar-refractivity contribution in [3.05, 3.63) is 125 Å². The molecular formula is C28H23BrN2O2S. The number of halogens is 1. The third-order valence-corrected chi connectivity index (χ3v) is 6.99. The van der Waals surface area contributed by atoms with Crippen molar-refractivity contribution in [2.24, 2.45) is 0 Å². The molecule has 4 aromatic carbocycles. The maximum absolute atomic E-state index is 13.3. The largest absolute Gasteiger partial charge is 0.326 e. The first-order chi connectivity index (χ1) is 16.6. The Balaban J connectivity index is 1.50. The fourth-order valence-corrected chi connectivity index (χ4v) is 4.90. The number of rotatable bonds is 8. The molecule has 6 heteroatoms. The van der Waals surface area contributed by atoms with Gasteiger partial charge in [-0.05, 0) is 57.4 Å². The van der Waals surface area contributed by atoms with Crippen LogP contribution in [0, 0.1) is 0 Å². The summed E-state index contributed by atoms with van der Waals surface area (Å²) < 4.78 is 0.822. The Morgan fingerprint density at radius 2 is 1.44 bits per heavy atom. The lowest BCUT2D eigenvalue weighted by Gasteiger charge is -2.18. The molecule has 34 heavy (non-hydrogen) atoms. The smallest absolute Gasteiger partial charge is 0.242 e. The van der Waals surface area contributed by atoms with Crippen molar-refractivity contribution in [1.82, 2.24) is 0 Å². The Labute approximate surface area is 211 Å². The maximum atomic E-state index is 13.3. The van der Waals surface area contributed by atoms with Crippen LogP contribution in [0.15, 0.2) is 119 Å². The van der Waals surface area contributed by atoms with Crippen LogP contribution in [0.3, 0.4) is 0 Å². The molecule has 0 saturated heterocycles. The van der Waals surface area contributed by atoms with E-state index in [0.717, 1.165) is 26.2 Å². The molecule has 2 N–H and O–H groups in total. The summed E-state index contributed by atoms with van der Waals surface area (Å²) in [5.41, 5.74) is 3.27. The highest BCUT2D eigenvalue weighted by Gasteiger charge is 2.23. The van der Waals surface area contributed by atoms with E-state index in [1.165, 1.54) is 11.8 Å². The van der Waals surface area contributed by atoms with Crippen LogP contribution in [-0.4, -0.2) is 11.8 Å². The van der Waals surface area contributed by atoms with E-state index in [1.807, 2.05) is 109 Å². The van der Waals surface area contributed by atoms with Crippen LogP contribution in [0.1, 0.15) is 16.4 Å². The lowest BCUT2D eigenvalue weighted by Crippen LogP contribution is -2.19. The van der Waals surface area contributed by atoms with E-state index in [0.29, 0.717) is 12.1 Å². The van der Waals surface area contributed by atoms with Gasteiger partial charge in [0.15, 0.2) is 0 Å². The molecule has 2 amide bonds. The molecule has 4 rings (SSSR count). The molecule has 0 aromatic heterocycles. The minimum Gasteiger partial charge on any atom is -0.326 e. The minimum atomic E-state index is -0.469. The number of anilines is 2. The molecule has 0 aliphatic heterocycles. The maximum Gasteiger partial charge on any atom is 0.242 e. The van der Waals surface area contributed by atoms with Crippen LogP contribution in [0.2, 0.25) is 0 Å². The number of thioether (sulfide) groups is 1. The molecule has 0 radical (unpaired) electrons. The molecule has 0 aliphatic rings.